The van der Waals surface area contributed by atoms with Gasteiger partial charge in [0.05, 0.1) is 0 Å². The van der Waals surface area contributed by atoms with Gasteiger partial charge in [-0.25, -0.2) is 0 Å². The van der Waals surface area contributed by atoms with Gasteiger partial charge < -0.3 is 14.2 Å². The summed E-state index contributed by atoms with van der Waals surface area (Å²) in [4.78, 5) is 37.8. The van der Waals surface area contributed by atoms with Crippen LogP contribution >= 0.6 is 0 Å². The molecule has 0 aromatic rings. The van der Waals surface area contributed by atoms with Gasteiger partial charge in [-0.05, 0) is 19.3 Å². The Bertz CT molecular complexity index is 1030. The molecule has 0 aromatic heterocycles. The molecule has 6 heteroatoms. The van der Waals surface area contributed by atoms with Crippen molar-refractivity contribution < 1.29 is 28.6 Å². The zero-order valence-electron chi connectivity index (χ0n) is 47.1. The lowest BCUT2D eigenvalue weighted by molar-refractivity contribution is -0.167. The molecular weight excluding hydrogens is 853 g/mol. The first-order valence-corrected chi connectivity index (χ1v) is 31.5. The van der Waals surface area contributed by atoms with E-state index in [9.17, 15) is 14.4 Å². The Kier molecular flexibility index (Phi) is 57.6. The van der Waals surface area contributed by atoms with Gasteiger partial charge >= 0.3 is 17.9 Å². The average Bonchev–Trinajstić information content (AvgIpc) is 3.35. The number of hydrogen-bond donors (Lipinski definition) is 0. The molecule has 0 fully saturated rings. The van der Waals surface area contributed by atoms with Crippen LogP contribution in [-0.2, 0) is 28.6 Å². The normalized spacial score (nSPS) is 11.9. The largest absolute Gasteiger partial charge is 0.462 e. The van der Waals surface area contributed by atoms with Crippen LogP contribution in [0.2, 0.25) is 0 Å². The number of carbonyl (C=O) groups is 3. The molecule has 0 heterocycles. The van der Waals surface area contributed by atoms with Crippen molar-refractivity contribution in [3.63, 3.8) is 0 Å². The molecule has 410 valence electrons. The van der Waals surface area contributed by atoms with Crippen molar-refractivity contribution in [1.82, 2.24) is 0 Å². The highest BCUT2D eigenvalue weighted by Crippen LogP contribution is 2.19. The van der Waals surface area contributed by atoms with E-state index in [1.165, 1.54) is 270 Å². The zero-order chi connectivity index (χ0) is 50.0. The molecule has 69 heavy (non-hydrogen) atoms. The maximum atomic E-state index is 12.7. The fraction of sp³-hybridized carbons (Fsp3) is 0.952. The van der Waals surface area contributed by atoms with Gasteiger partial charge in [-0.3, -0.25) is 14.4 Å². The Hall–Kier alpha value is -1.59. The Balaban J connectivity index is 3.76. The van der Waals surface area contributed by atoms with E-state index in [1.54, 1.807) is 0 Å². The van der Waals surface area contributed by atoms with Crippen LogP contribution in [0.1, 0.15) is 367 Å². The number of rotatable bonds is 59. The van der Waals surface area contributed by atoms with E-state index >= 15 is 0 Å². The zero-order valence-corrected chi connectivity index (χ0v) is 47.1. The number of unbranched alkanes of at least 4 members (excludes halogenated alkanes) is 48. The molecular formula is C63H122O6. The lowest BCUT2D eigenvalue weighted by Gasteiger charge is -2.18. The molecule has 0 saturated heterocycles. The molecule has 0 aliphatic heterocycles. The Morgan fingerprint density at radius 3 is 0.580 bits per heavy atom. The van der Waals surface area contributed by atoms with Crippen molar-refractivity contribution in [2.24, 2.45) is 0 Å². The van der Waals surface area contributed by atoms with Gasteiger partial charge in [-0.15, -0.1) is 0 Å². The second kappa shape index (κ2) is 59.0. The summed E-state index contributed by atoms with van der Waals surface area (Å²) in [5, 5.41) is 0. The fourth-order valence-corrected chi connectivity index (χ4v) is 9.86. The van der Waals surface area contributed by atoms with Crippen LogP contribution in [0, 0.1) is 0 Å². The van der Waals surface area contributed by atoms with E-state index < -0.39 is 6.10 Å². The summed E-state index contributed by atoms with van der Waals surface area (Å²) in [6.07, 6.45) is 67.6. The molecule has 0 rings (SSSR count). The van der Waals surface area contributed by atoms with Crippen molar-refractivity contribution >= 4 is 17.9 Å². The third kappa shape index (κ3) is 57.2. The summed E-state index contributed by atoms with van der Waals surface area (Å²) in [6.45, 7) is 6.63. The van der Waals surface area contributed by atoms with E-state index in [2.05, 4.69) is 20.8 Å². The van der Waals surface area contributed by atoms with Gasteiger partial charge in [0.15, 0.2) is 6.10 Å². The first-order valence-electron chi connectivity index (χ1n) is 31.5. The smallest absolute Gasteiger partial charge is 0.306 e. The predicted octanol–water partition coefficient (Wildman–Crippen LogP) is 21.1. The van der Waals surface area contributed by atoms with E-state index in [4.69, 9.17) is 14.2 Å². The molecule has 0 aliphatic carbocycles. The number of hydrogen-bond acceptors (Lipinski definition) is 6. The van der Waals surface area contributed by atoms with Crippen LogP contribution in [0.3, 0.4) is 0 Å². The third-order valence-electron chi connectivity index (χ3n) is 14.6. The molecule has 1 atom stereocenters. The highest BCUT2D eigenvalue weighted by atomic mass is 16.6. The van der Waals surface area contributed by atoms with Gasteiger partial charge in [-0.2, -0.15) is 0 Å². The lowest BCUT2D eigenvalue weighted by atomic mass is 10.0. The van der Waals surface area contributed by atoms with Crippen molar-refractivity contribution in [2.75, 3.05) is 13.2 Å². The Morgan fingerprint density at radius 2 is 0.391 bits per heavy atom. The van der Waals surface area contributed by atoms with E-state index in [0.717, 1.165) is 57.8 Å². The van der Waals surface area contributed by atoms with Crippen LogP contribution in [0.25, 0.3) is 0 Å². The van der Waals surface area contributed by atoms with Crippen LogP contribution in [-0.4, -0.2) is 37.2 Å². The minimum atomic E-state index is -0.758. The van der Waals surface area contributed by atoms with Crippen molar-refractivity contribution in [1.29, 1.82) is 0 Å². The second-order valence-electron chi connectivity index (χ2n) is 21.7. The number of carbonyl (C=O) groups excluding carboxylic acids is 3. The SMILES string of the molecule is CCCCCCCCCCCCCCCCCCCCCCCCCCCCCCCCCCCCCC(=O)OCC(COC(=O)CCCCCCCCC)OC(=O)CCCCCCCCCCC. The van der Waals surface area contributed by atoms with E-state index in [0.29, 0.717) is 19.3 Å². The molecule has 1 unspecified atom stereocenters. The minimum absolute atomic E-state index is 0.0628. The summed E-state index contributed by atoms with van der Waals surface area (Å²) in [6, 6.07) is 0. The Morgan fingerprint density at radius 1 is 0.232 bits per heavy atom. The third-order valence-corrected chi connectivity index (χ3v) is 14.6. The van der Waals surface area contributed by atoms with Gasteiger partial charge in [0.25, 0.3) is 0 Å². The summed E-state index contributed by atoms with van der Waals surface area (Å²) < 4.78 is 16.7. The summed E-state index contributed by atoms with van der Waals surface area (Å²) in [7, 11) is 0. The number of esters is 3. The summed E-state index contributed by atoms with van der Waals surface area (Å²) >= 11 is 0. The van der Waals surface area contributed by atoms with Gasteiger partial charge in [0.2, 0.25) is 0 Å². The quantitative estimate of drug-likeness (QED) is 0.0343. The first-order chi connectivity index (χ1) is 34.0. The van der Waals surface area contributed by atoms with Crippen LogP contribution in [0.15, 0.2) is 0 Å². The van der Waals surface area contributed by atoms with Gasteiger partial charge in [0.1, 0.15) is 13.2 Å². The molecule has 0 aromatic carbocycles. The lowest BCUT2D eigenvalue weighted by Crippen LogP contribution is -2.30. The van der Waals surface area contributed by atoms with Gasteiger partial charge in [0, 0.05) is 19.3 Å². The Labute approximate surface area is 431 Å². The van der Waals surface area contributed by atoms with Crippen LogP contribution in [0.5, 0.6) is 0 Å². The topological polar surface area (TPSA) is 78.9 Å². The summed E-state index contributed by atoms with van der Waals surface area (Å²) in [5.41, 5.74) is 0. The fourth-order valence-electron chi connectivity index (χ4n) is 9.86. The molecule has 0 saturated carbocycles. The monoisotopic (exact) mass is 975 g/mol. The highest BCUT2D eigenvalue weighted by Gasteiger charge is 2.19. The van der Waals surface area contributed by atoms with Gasteiger partial charge in [-0.1, -0.05) is 329 Å². The average molecular weight is 976 g/mol. The molecule has 0 N–H and O–H groups in total. The minimum Gasteiger partial charge on any atom is -0.462 e. The van der Waals surface area contributed by atoms with E-state index in [1.807, 2.05) is 0 Å². The molecule has 0 spiro atoms. The number of ether oxygens (including phenoxy) is 3. The second-order valence-corrected chi connectivity index (χ2v) is 21.7. The van der Waals surface area contributed by atoms with Crippen molar-refractivity contribution in [2.45, 2.75) is 374 Å². The summed E-state index contributed by atoms with van der Waals surface area (Å²) in [5.74, 6) is -0.851. The maximum Gasteiger partial charge on any atom is 0.306 e. The predicted molar refractivity (Wildman–Crippen MR) is 298 cm³/mol. The molecule has 0 amide bonds. The van der Waals surface area contributed by atoms with Crippen molar-refractivity contribution in [3.05, 3.63) is 0 Å². The highest BCUT2D eigenvalue weighted by molar-refractivity contribution is 5.71. The molecule has 0 aliphatic rings. The maximum absolute atomic E-state index is 12.7. The van der Waals surface area contributed by atoms with Crippen LogP contribution < -0.4 is 0 Å². The molecule has 0 radical (unpaired) electrons. The van der Waals surface area contributed by atoms with Crippen LogP contribution in [0.4, 0.5) is 0 Å². The van der Waals surface area contributed by atoms with Crippen molar-refractivity contribution in [3.8, 4) is 0 Å². The molecule has 6 nitrogen and oxygen atoms in total. The molecule has 0 bridgehead atoms. The first kappa shape index (κ1) is 67.4. The standard InChI is InChI=1S/C63H122O6/c1-4-7-10-13-16-18-19-20-21-22-23-24-25-26-27-28-29-30-31-32-33-34-35-36-37-38-39-40-41-42-43-45-47-50-53-56-62(65)68-59-60(58-67-61(64)55-52-49-46-15-12-9-6-3)69-63(66)57-54-51-48-44-17-14-11-8-5-2/h60H,4-59H2,1-3H3. The van der Waals surface area contributed by atoms with E-state index in [-0.39, 0.29) is 31.1 Å².